The van der Waals surface area contributed by atoms with Crippen LogP contribution in [0.2, 0.25) is 0 Å². The predicted molar refractivity (Wildman–Crippen MR) is 66.1 cm³/mol. The Morgan fingerprint density at radius 1 is 1.41 bits per heavy atom. The minimum Gasteiger partial charge on any atom is -0.353 e. The molecule has 0 heterocycles. The minimum absolute atomic E-state index is 0.00654. The summed E-state index contributed by atoms with van der Waals surface area (Å²) in [4.78, 5) is 10.8. The molecule has 2 unspecified atom stereocenters. The lowest BCUT2D eigenvalue weighted by atomic mass is 10.1. The molecule has 2 N–H and O–H groups in total. The first-order chi connectivity index (χ1) is 8.13. The Kier molecular flexibility index (Phi) is 5.18. The van der Waals surface area contributed by atoms with Crippen LogP contribution in [0.3, 0.4) is 0 Å². The fourth-order valence-corrected chi connectivity index (χ4v) is 1.58. The minimum atomic E-state index is -0.340. The van der Waals surface area contributed by atoms with Gasteiger partial charge in [0.2, 0.25) is 5.91 Å². The average Bonchev–Trinajstić information content (AvgIpc) is 2.30. The molecule has 0 bridgehead atoms. The van der Waals surface area contributed by atoms with Gasteiger partial charge in [0.15, 0.2) is 0 Å². The van der Waals surface area contributed by atoms with E-state index in [2.05, 4.69) is 16.7 Å². The summed E-state index contributed by atoms with van der Waals surface area (Å²) in [5.74, 6) is -0.0625. The number of rotatable bonds is 5. The maximum atomic E-state index is 10.8. The number of nitriles is 1. The molecular formula is C13H17N3O. The molecule has 1 aromatic carbocycles. The smallest absolute Gasteiger partial charge is 0.217 e. The summed E-state index contributed by atoms with van der Waals surface area (Å²) >= 11 is 0. The molecule has 1 amide bonds. The summed E-state index contributed by atoms with van der Waals surface area (Å²) in [5.41, 5.74) is 0.935. The van der Waals surface area contributed by atoms with Gasteiger partial charge >= 0.3 is 0 Å². The summed E-state index contributed by atoms with van der Waals surface area (Å²) in [6.45, 7) is 3.94. The first-order valence-electron chi connectivity index (χ1n) is 5.58. The zero-order chi connectivity index (χ0) is 12.7. The molecule has 0 aromatic heterocycles. The number of benzene rings is 1. The van der Waals surface area contributed by atoms with Crippen LogP contribution in [0.1, 0.15) is 25.5 Å². The number of amides is 1. The van der Waals surface area contributed by atoms with Crippen LogP contribution in [0.25, 0.3) is 0 Å². The topological polar surface area (TPSA) is 64.9 Å². The Labute approximate surface area is 102 Å². The van der Waals surface area contributed by atoms with E-state index in [1.807, 2.05) is 37.3 Å². The Morgan fingerprint density at radius 3 is 2.59 bits per heavy atom. The molecule has 0 spiro atoms. The second kappa shape index (κ2) is 6.66. The van der Waals surface area contributed by atoms with E-state index in [0.717, 1.165) is 5.56 Å². The third-order valence-corrected chi connectivity index (χ3v) is 2.34. The quantitative estimate of drug-likeness (QED) is 0.804. The van der Waals surface area contributed by atoms with Crippen molar-refractivity contribution in [1.29, 1.82) is 5.26 Å². The monoisotopic (exact) mass is 231 g/mol. The summed E-state index contributed by atoms with van der Waals surface area (Å²) < 4.78 is 0. The van der Waals surface area contributed by atoms with Crippen LogP contribution in [-0.4, -0.2) is 18.5 Å². The van der Waals surface area contributed by atoms with E-state index in [9.17, 15) is 4.79 Å². The summed E-state index contributed by atoms with van der Waals surface area (Å²) in [6.07, 6.45) is 0. The van der Waals surface area contributed by atoms with E-state index in [1.54, 1.807) is 0 Å². The lowest BCUT2D eigenvalue weighted by Gasteiger charge is -2.16. The normalized spacial score (nSPS) is 13.5. The number of carbonyl (C=O) groups is 1. The molecule has 0 aliphatic carbocycles. The van der Waals surface area contributed by atoms with Crippen molar-refractivity contribution in [2.24, 2.45) is 0 Å². The van der Waals surface area contributed by atoms with E-state index in [-0.39, 0.29) is 18.0 Å². The first kappa shape index (κ1) is 13.2. The Bertz CT molecular complexity index is 397. The van der Waals surface area contributed by atoms with E-state index < -0.39 is 0 Å². The fourth-order valence-electron chi connectivity index (χ4n) is 1.58. The van der Waals surface area contributed by atoms with Crippen LogP contribution in [0.15, 0.2) is 30.3 Å². The predicted octanol–water partition coefficient (Wildman–Crippen LogP) is 1.37. The highest BCUT2D eigenvalue weighted by Crippen LogP contribution is 2.10. The van der Waals surface area contributed by atoms with E-state index in [4.69, 9.17) is 5.26 Å². The van der Waals surface area contributed by atoms with Crippen molar-refractivity contribution >= 4 is 5.91 Å². The molecule has 0 radical (unpaired) electrons. The zero-order valence-electron chi connectivity index (χ0n) is 10.1. The highest BCUT2D eigenvalue weighted by molar-refractivity contribution is 5.73. The van der Waals surface area contributed by atoms with Crippen molar-refractivity contribution in [3.63, 3.8) is 0 Å². The standard InChI is InChI=1S/C13H17N3O/c1-10(16-11(2)17)9-15-13(8-14)12-6-4-3-5-7-12/h3-7,10,13,15H,9H2,1-2H3,(H,16,17). The first-order valence-corrected chi connectivity index (χ1v) is 5.58. The van der Waals surface area contributed by atoms with Gasteiger partial charge in [0, 0.05) is 19.5 Å². The Balaban J connectivity index is 2.49. The highest BCUT2D eigenvalue weighted by atomic mass is 16.1. The number of nitrogens with zero attached hydrogens (tertiary/aromatic N) is 1. The third-order valence-electron chi connectivity index (χ3n) is 2.34. The molecule has 0 fully saturated rings. The van der Waals surface area contributed by atoms with Gasteiger partial charge in [0.05, 0.1) is 6.07 Å². The van der Waals surface area contributed by atoms with E-state index in [0.29, 0.717) is 6.54 Å². The van der Waals surface area contributed by atoms with Crippen LogP contribution < -0.4 is 10.6 Å². The lowest BCUT2D eigenvalue weighted by molar-refractivity contribution is -0.119. The molecule has 1 aromatic rings. The van der Waals surface area contributed by atoms with Crippen LogP contribution in [-0.2, 0) is 4.79 Å². The van der Waals surface area contributed by atoms with Crippen molar-refractivity contribution in [3.8, 4) is 6.07 Å². The summed E-state index contributed by atoms with van der Waals surface area (Å²) in [6, 6.07) is 11.4. The maximum Gasteiger partial charge on any atom is 0.217 e. The van der Waals surface area contributed by atoms with Crippen LogP contribution in [0.4, 0.5) is 0 Å². The number of carbonyl (C=O) groups excluding carboxylic acids is 1. The molecule has 0 aliphatic heterocycles. The molecular weight excluding hydrogens is 214 g/mol. The molecule has 0 saturated heterocycles. The summed E-state index contributed by atoms with van der Waals surface area (Å²) in [7, 11) is 0. The average molecular weight is 231 g/mol. The fraction of sp³-hybridized carbons (Fsp3) is 0.385. The largest absolute Gasteiger partial charge is 0.353 e. The van der Waals surface area contributed by atoms with Crippen molar-refractivity contribution in [2.45, 2.75) is 25.9 Å². The van der Waals surface area contributed by atoms with Gasteiger partial charge in [-0.05, 0) is 12.5 Å². The summed E-state index contributed by atoms with van der Waals surface area (Å²) in [5, 5.41) is 15.0. The van der Waals surface area contributed by atoms with E-state index >= 15 is 0 Å². The van der Waals surface area contributed by atoms with Crippen molar-refractivity contribution in [3.05, 3.63) is 35.9 Å². The SMILES string of the molecule is CC(=O)NC(C)CNC(C#N)c1ccccc1. The van der Waals surface area contributed by atoms with Gasteiger partial charge in [0.1, 0.15) is 6.04 Å². The molecule has 0 aliphatic rings. The van der Waals surface area contributed by atoms with Gasteiger partial charge in [-0.1, -0.05) is 30.3 Å². The number of nitrogens with one attached hydrogen (secondary N) is 2. The second-order valence-corrected chi connectivity index (χ2v) is 3.98. The maximum absolute atomic E-state index is 10.8. The molecule has 2 atom stereocenters. The van der Waals surface area contributed by atoms with Gasteiger partial charge in [0.25, 0.3) is 0 Å². The van der Waals surface area contributed by atoms with Gasteiger partial charge < -0.3 is 5.32 Å². The Hall–Kier alpha value is -1.86. The van der Waals surface area contributed by atoms with Crippen molar-refractivity contribution in [2.75, 3.05) is 6.54 Å². The lowest BCUT2D eigenvalue weighted by Crippen LogP contribution is -2.39. The molecule has 4 heteroatoms. The zero-order valence-corrected chi connectivity index (χ0v) is 10.1. The molecule has 1 rings (SSSR count). The van der Waals surface area contributed by atoms with Crippen molar-refractivity contribution < 1.29 is 4.79 Å². The molecule has 90 valence electrons. The third kappa shape index (κ3) is 4.66. The number of hydrogen-bond donors (Lipinski definition) is 2. The van der Waals surface area contributed by atoms with Crippen LogP contribution in [0, 0.1) is 11.3 Å². The van der Waals surface area contributed by atoms with Crippen LogP contribution >= 0.6 is 0 Å². The van der Waals surface area contributed by atoms with Gasteiger partial charge in [-0.15, -0.1) is 0 Å². The Morgan fingerprint density at radius 2 is 2.06 bits per heavy atom. The molecule has 17 heavy (non-hydrogen) atoms. The second-order valence-electron chi connectivity index (χ2n) is 3.98. The molecule has 0 saturated carbocycles. The van der Waals surface area contributed by atoms with E-state index in [1.165, 1.54) is 6.92 Å². The number of hydrogen-bond acceptors (Lipinski definition) is 3. The highest BCUT2D eigenvalue weighted by Gasteiger charge is 2.11. The van der Waals surface area contributed by atoms with Gasteiger partial charge in [-0.25, -0.2) is 0 Å². The van der Waals surface area contributed by atoms with Gasteiger partial charge in [-0.2, -0.15) is 5.26 Å². The van der Waals surface area contributed by atoms with Gasteiger partial charge in [-0.3, -0.25) is 10.1 Å². The molecule has 4 nitrogen and oxygen atoms in total. The van der Waals surface area contributed by atoms with Crippen molar-refractivity contribution in [1.82, 2.24) is 10.6 Å². The van der Waals surface area contributed by atoms with Crippen LogP contribution in [0.5, 0.6) is 0 Å².